The number of sulfonamides is 1. The standard InChI is InChI=1S/C16H18ClN5O2S/c1-12-15(16(17)21(2)19-12)25(23,24)20-14(11-22-10-6-9-18-22)13-7-4-3-5-8-13/h3-10,14,20H,11H2,1-2H3/t14-/m0/s1. The Morgan fingerprint density at radius 2 is 1.96 bits per heavy atom. The summed E-state index contributed by atoms with van der Waals surface area (Å²) in [6.45, 7) is 1.97. The van der Waals surface area contributed by atoms with Gasteiger partial charge in [0, 0.05) is 19.4 Å². The molecule has 9 heteroatoms. The molecule has 0 fully saturated rings. The van der Waals surface area contributed by atoms with Crippen molar-refractivity contribution in [1.29, 1.82) is 0 Å². The topological polar surface area (TPSA) is 81.8 Å². The highest BCUT2D eigenvalue weighted by molar-refractivity contribution is 7.89. The van der Waals surface area contributed by atoms with Gasteiger partial charge in [-0.05, 0) is 18.6 Å². The summed E-state index contributed by atoms with van der Waals surface area (Å²) in [4.78, 5) is -0.00179. The van der Waals surface area contributed by atoms with E-state index in [-0.39, 0.29) is 10.0 Å². The largest absolute Gasteiger partial charge is 0.271 e. The second kappa shape index (κ2) is 6.99. The van der Waals surface area contributed by atoms with E-state index in [4.69, 9.17) is 11.6 Å². The lowest BCUT2D eigenvalue weighted by atomic mass is 10.1. The fourth-order valence-electron chi connectivity index (χ4n) is 2.65. The molecule has 1 atom stereocenters. The number of aromatic nitrogens is 4. The maximum absolute atomic E-state index is 12.9. The van der Waals surface area contributed by atoms with E-state index in [1.807, 2.05) is 30.3 Å². The zero-order valence-corrected chi connectivity index (χ0v) is 15.4. The third-order valence-electron chi connectivity index (χ3n) is 3.80. The first-order valence-corrected chi connectivity index (χ1v) is 9.48. The van der Waals surface area contributed by atoms with Crippen molar-refractivity contribution < 1.29 is 8.42 Å². The third kappa shape index (κ3) is 3.76. The van der Waals surface area contributed by atoms with E-state index in [1.54, 1.807) is 37.1 Å². The van der Waals surface area contributed by atoms with E-state index in [0.29, 0.717) is 12.2 Å². The molecule has 0 radical (unpaired) electrons. The van der Waals surface area contributed by atoms with Crippen molar-refractivity contribution in [3.8, 4) is 0 Å². The van der Waals surface area contributed by atoms with Crippen LogP contribution in [0.25, 0.3) is 0 Å². The monoisotopic (exact) mass is 379 g/mol. The predicted octanol–water partition coefficient (Wildman–Crippen LogP) is 2.30. The van der Waals surface area contributed by atoms with Crippen molar-refractivity contribution >= 4 is 21.6 Å². The first-order chi connectivity index (χ1) is 11.9. The number of rotatable bonds is 6. The molecule has 3 aromatic rings. The summed E-state index contributed by atoms with van der Waals surface area (Å²) in [5.74, 6) is 0. The average Bonchev–Trinajstić information content (AvgIpc) is 3.16. The minimum Gasteiger partial charge on any atom is -0.271 e. The van der Waals surface area contributed by atoms with Gasteiger partial charge in [-0.1, -0.05) is 41.9 Å². The van der Waals surface area contributed by atoms with Crippen LogP contribution in [-0.4, -0.2) is 28.0 Å². The number of aryl methyl sites for hydroxylation is 2. The molecule has 2 heterocycles. The Hall–Kier alpha value is -2.16. The Kier molecular flexibility index (Phi) is 4.94. The summed E-state index contributed by atoms with van der Waals surface area (Å²) in [6, 6.07) is 10.6. The van der Waals surface area contributed by atoms with Gasteiger partial charge in [-0.25, -0.2) is 13.1 Å². The number of nitrogens with one attached hydrogen (secondary N) is 1. The quantitative estimate of drug-likeness (QED) is 0.712. The first-order valence-electron chi connectivity index (χ1n) is 7.62. The fourth-order valence-corrected chi connectivity index (χ4v) is 4.62. The molecule has 0 saturated heterocycles. The summed E-state index contributed by atoms with van der Waals surface area (Å²) in [5, 5.41) is 8.32. The molecule has 3 rings (SSSR count). The van der Waals surface area contributed by atoms with Crippen molar-refractivity contribution in [1.82, 2.24) is 24.3 Å². The molecule has 0 bridgehead atoms. The molecular formula is C16H18ClN5O2S. The van der Waals surface area contributed by atoms with Gasteiger partial charge in [0.2, 0.25) is 10.0 Å². The van der Waals surface area contributed by atoms with Crippen LogP contribution in [-0.2, 0) is 23.6 Å². The van der Waals surface area contributed by atoms with E-state index in [2.05, 4.69) is 14.9 Å². The smallest absolute Gasteiger partial charge is 0.246 e. The fraction of sp³-hybridized carbons (Fsp3) is 0.250. The Morgan fingerprint density at radius 3 is 2.52 bits per heavy atom. The average molecular weight is 380 g/mol. The molecular weight excluding hydrogens is 362 g/mol. The summed E-state index contributed by atoms with van der Waals surface area (Å²) < 4.78 is 31.6. The van der Waals surface area contributed by atoms with Gasteiger partial charge in [0.15, 0.2) is 0 Å². The van der Waals surface area contributed by atoms with Crippen molar-refractivity contribution in [3.63, 3.8) is 0 Å². The molecule has 0 amide bonds. The molecule has 0 saturated carbocycles. The van der Waals surface area contributed by atoms with Crippen LogP contribution in [0.5, 0.6) is 0 Å². The van der Waals surface area contributed by atoms with Crippen LogP contribution in [0, 0.1) is 6.92 Å². The van der Waals surface area contributed by atoms with Gasteiger partial charge in [-0.2, -0.15) is 10.2 Å². The lowest BCUT2D eigenvalue weighted by molar-refractivity contribution is 0.483. The van der Waals surface area contributed by atoms with E-state index in [9.17, 15) is 8.42 Å². The van der Waals surface area contributed by atoms with Crippen molar-refractivity contribution in [2.45, 2.75) is 24.4 Å². The van der Waals surface area contributed by atoms with Crippen LogP contribution in [0.15, 0.2) is 53.7 Å². The second-order valence-electron chi connectivity index (χ2n) is 5.64. The maximum atomic E-state index is 12.9. The number of hydrogen-bond donors (Lipinski definition) is 1. The van der Waals surface area contributed by atoms with Crippen LogP contribution >= 0.6 is 11.6 Å². The first kappa shape index (κ1) is 17.7. The highest BCUT2D eigenvalue weighted by Crippen LogP contribution is 2.26. The Bertz CT molecular complexity index is 952. The highest BCUT2D eigenvalue weighted by atomic mass is 35.5. The number of hydrogen-bond acceptors (Lipinski definition) is 4. The van der Waals surface area contributed by atoms with Crippen molar-refractivity contribution in [2.75, 3.05) is 0 Å². The van der Waals surface area contributed by atoms with Gasteiger partial charge >= 0.3 is 0 Å². The molecule has 0 spiro atoms. The zero-order chi connectivity index (χ0) is 18.0. The molecule has 0 unspecified atom stereocenters. The van der Waals surface area contributed by atoms with Crippen LogP contribution in [0.3, 0.4) is 0 Å². The predicted molar refractivity (Wildman–Crippen MR) is 94.7 cm³/mol. The normalized spacial score (nSPS) is 13.1. The van der Waals surface area contributed by atoms with Gasteiger partial charge < -0.3 is 0 Å². The molecule has 7 nitrogen and oxygen atoms in total. The van der Waals surface area contributed by atoms with Gasteiger partial charge in [0.25, 0.3) is 0 Å². The van der Waals surface area contributed by atoms with E-state index < -0.39 is 16.1 Å². The molecule has 0 aliphatic carbocycles. The van der Waals surface area contributed by atoms with E-state index in [0.717, 1.165) is 5.56 Å². The van der Waals surface area contributed by atoms with Crippen LogP contribution in [0.2, 0.25) is 5.15 Å². The minimum atomic E-state index is -3.86. The minimum absolute atomic E-state index is 0.00179. The van der Waals surface area contributed by atoms with Gasteiger partial charge in [0.1, 0.15) is 10.0 Å². The number of benzene rings is 1. The van der Waals surface area contributed by atoms with E-state index >= 15 is 0 Å². The molecule has 25 heavy (non-hydrogen) atoms. The van der Waals surface area contributed by atoms with Crippen LogP contribution in [0.1, 0.15) is 17.3 Å². The number of halogens is 1. The van der Waals surface area contributed by atoms with Crippen molar-refractivity contribution in [2.24, 2.45) is 7.05 Å². The van der Waals surface area contributed by atoms with Crippen LogP contribution < -0.4 is 4.72 Å². The zero-order valence-electron chi connectivity index (χ0n) is 13.8. The molecule has 2 aromatic heterocycles. The molecule has 0 aliphatic rings. The Balaban J connectivity index is 1.96. The summed E-state index contributed by atoms with van der Waals surface area (Å²) >= 11 is 6.13. The van der Waals surface area contributed by atoms with Gasteiger partial charge in [-0.15, -0.1) is 0 Å². The summed E-state index contributed by atoms with van der Waals surface area (Å²) in [7, 11) is -2.25. The molecule has 1 aromatic carbocycles. The van der Waals surface area contributed by atoms with Crippen molar-refractivity contribution in [3.05, 3.63) is 65.2 Å². The Morgan fingerprint density at radius 1 is 1.24 bits per heavy atom. The molecule has 132 valence electrons. The lowest BCUT2D eigenvalue weighted by Gasteiger charge is -2.19. The summed E-state index contributed by atoms with van der Waals surface area (Å²) in [6.07, 6.45) is 3.44. The third-order valence-corrected chi connectivity index (χ3v) is 5.96. The van der Waals surface area contributed by atoms with Crippen LogP contribution in [0.4, 0.5) is 0 Å². The molecule has 0 aliphatic heterocycles. The summed E-state index contributed by atoms with van der Waals surface area (Å²) in [5.41, 5.74) is 1.19. The van der Waals surface area contributed by atoms with E-state index in [1.165, 1.54) is 4.68 Å². The lowest BCUT2D eigenvalue weighted by Crippen LogP contribution is -2.32. The second-order valence-corrected chi connectivity index (χ2v) is 7.65. The SMILES string of the molecule is Cc1nn(C)c(Cl)c1S(=O)(=O)N[C@@H](Cn1cccn1)c1ccccc1. The number of nitrogens with zero attached hydrogens (tertiary/aromatic N) is 4. The molecule has 1 N–H and O–H groups in total. The van der Waals surface area contributed by atoms with Gasteiger partial charge in [0.05, 0.1) is 18.3 Å². The maximum Gasteiger partial charge on any atom is 0.246 e. The highest BCUT2D eigenvalue weighted by Gasteiger charge is 2.28. The van der Waals surface area contributed by atoms with Gasteiger partial charge in [-0.3, -0.25) is 9.36 Å². The Labute approximate surface area is 151 Å².